The van der Waals surface area contributed by atoms with Gasteiger partial charge in [0.1, 0.15) is 11.6 Å². The molecule has 0 radical (unpaired) electrons. The summed E-state index contributed by atoms with van der Waals surface area (Å²) in [6.07, 6.45) is 5.54. The molecule has 0 saturated carbocycles. The van der Waals surface area contributed by atoms with Crippen LogP contribution in [0.25, 0.3) is 26.5 Å². The summed E-state index contributed by atoms with van der Waals surface area (Å²) in [6, 6.07) is 17.4. The van der Waals surface area contributed by atoms with Crippen molar-refractivity contribution in [3.63, 3.8) is 0 Å². The number of terminal acetylenes is 1. The fraction of sp³-hybridized carbons (Fsp3) is 0.100. The molecule has 2 aromatic carbocycles. The van der Waals surface area contributed by atoms with Crippen LogP contribution in [0.3, 0.4) is 0 Å². The predicted molar refractivity (Wildman–Crippen MR) is 102 cm³/mol. The van der Waals surface area contributed by atoms with Gasteiger partial charge in [-0.05, 0) is 31.2 Å². The molecule has 4 nitrogen and oxygen atoms in total. The van der Waals surface area contributed by atoms with Gasteiger partial charge in [0, 0.05) is 5.69 Å². The highest BCUT2D eigenvalue weighted by atomic mass is 32.1. The summed E-state index contributed by atoms with van der Waals surface area (Å²) in [4.78, 5) is 17.9. The lowest BCUT2D eigenvalue weighted by atomic mass is 10.2. The van der Waals surface area contributed by atoms with E-state index in [2.05, 4.69) is 10.9 Å². The van der Waals surface area contributed by atoms with Crippen LogP contribution in [0.4, 0.5) is 0 Å². The summed E-state index contributed by atoms with van der Waals surface area (Å²) >= 11 is 1.52. The van der Waals surface area contributed by atoms with Gasteiger partial charge in [-0.1, -0.05) is 36.3 Å². The number of rotatable bonds is 3. The topological polar surface area (TPSA) is 39.8 Å². The highest BCUT2D eigenvalue weighted by Gasteiger charge is 2.21. The maximum atomic E-state index is 13.2. The van der Waals surface area contributed by atoms with E-state index in [1.807, 2.05) is 66.2 Å². The molecule has 25 heavy (non-hydrogen) atoms. The molecule has 0 atom stereocenters. The summed E-state index contributed by atoms with van der Waals surface area (Å²) in [7, 11) is 0. The Morgan fingerprint density at radius 3 is 2.56 bits per heavy atom. The van der Waals surface area contributed by atoms with E-state index in [1.54, 1.807) is 4.68 Å². The van der Waals surface area contributed by atoms with E-state index in [0.717, 1.165) is 26.6 Å². The summed E-state index contributed by atoms with van der Waals surface area (Å²) in [5, 5.41) is 0.726. The van der Waals surface area contributed by atoms with E-state index < -0.39 is 0 Å². The minimum atomic E-state index is -0.0991. The van der Waals surface area contributed by atoms with Gasteiger partial charge in [-0.25, -0.2) is 9.67 Å². The van der Waals surface area contributed by atoms with Gasteiger partial charge in [0.05, 0.1) is 21.5 Å². The number of aromatic nitrogens is 3. The van der Waals surface area contributed by atoms with Crippen molar-refractivity contribution >= 4 is 21.6 Å². The Hall–Kier alpha value is -3.10. The summed E-state index contributed by atoms with van der Waals surface area (Å²) < 4.78 is 4.53. The van der Waals surface area contributed by atoms with Crippen LogP contribution in [-0.4, -0.2) is 14.3 Å². The Morgan fingerprint density at radius 2 is 1.84 bits per heavy atom. The van der Waals surface area contributed by atoms with Crippen LogP contribution < -0.4 is 5.56 Å². The van der Waals surface area contributed by atoms with Gasteiger partial charge in [-0.3, -0.25) is 9.48 Å². The molecule has 0 aliphatic carbocycles. The molecule has 0 saturated heterocycles. The molecule has 0 unspecified atom stereocenters. The number of hydrogen-bond acceptors (Lipinski definition) is 3. The second kappa shape index (κ2) is 6.08. The monoisotopic (exact) mass is 345 g/mol. The molecular weight excluding hydrogens is 330 g/mol. The number of thiazole rings is 1. The standard InChI is InChI=1S/C20H15N3OS/c1-3-13-22-14(2)18(19-21-16-11-7-8-12-17(16)25-19)20(24)23(22)15-9-5-4-6-10-15/h1,4-12H,13H2,2H3. The molecule has 4 rings (SSSR count). The maximum Gasteiger partial charge on any atom is 0.282 e. The normalized spacial score (nSPS) is 10.9. The minimum absolute atomic E-state index is 0.0991. The van der Waals surface area contributed by atoms with E-state index >= 15 is 0 Å². The zero-order chi connectivity index (χ0) is 17.4. The number of nitrogens with zero attached hydrogens (tertiary/aromatic N) is 3. The first-order valence-electron chi connectivity index (χ1n) is 7.88. The molecule has 2 heterocycles. The van der Waals surface area contributed by atoms with E-state index in [0.29, 0.717) is 12.1 Å². The molecule has 0 aliphatic rings. The van der Waals surface area contributed by atoms with Crippen LogP contribution in [-0.2, 0) is 6.54 Å². The van der Waals surface area contributed by atoms with Crippen molar-refractivity contribution in [2.24, 2.45) is 0 Å². The Morgan fingerprint density at radius 1 is 1.12 bits per heavy atom. The van der Waals surface area contributed by atoms with E-state index in [9.17, 15) is 4.79 Å². The van der Waals surface area contributed by atoms with Gasteiger partial charge in [0.2, 0.25) is 0 Å². The molecule has 4 aromatic rings. The van der Waals surface area contributed by atoms with Crippen LogP contribution in [0.2, 0.25) is 0 Å². The molecule has 0 amide bonds. The number of benzene rings is 2. The Labute approximate surface area is 149 Å². The molecule has 0 fully saturated rings. The van der Waals surface area contributed by atoms with Crippen molar-refractivity contribution in [3.8, 4) is 28.6 Å². The Kier molecular flexibility index (Phi) is 3.75. The van der Waals surface area contributed by atoms with Crippen molar-refractivity contribution in [2.75, 3.05) is 0 Å². The fourth-order valence-corrected chi connectivity index (χ4v) is 4.03. The third kappa shape index (κ3) is 2.48. The predicted octanol–water partition coefficient (Wildman–Crippen LogP) is 3.86. The quantitative estimate of drug-likeness (QED) is 0.529. The SMILES string of the molecule is C#CCn1c(C)c(-c2nc3ccccc3s2)c(=O)n1-c1ccccc1. The third-order valence-electron chi connectivity index (χ3n) is 4.15. The average Bonchev–Trinajstić information content (AvgIpc) is 3.15. The molecule has 122 valence electrons. The molecule has 0 spiro atoms. The van der Waals surface area contributed by atoms with Crippen molar-refractivity contribution in [2.45, 2.75) is 13.5 Å². The van der Waals surface area contributed by atoms with Gasteiger partial charge in [0.15, 0.2) is 0 Å². The van der Waals surface area contributed by atoms with Gasteiger partial charge in [0.25, 0.3) is 5.56 Å². The van der Waals surface area contributed by atoms with Gasteiger partial charge in [-0.15, -0.1) is 17.8 Å². The van der Waals surface area contributed by atoms with Crippen LogP contribution in [0.5, 0.6) is 0 Å². The number of fused-ring (bicyclic) bond motifs is 1. The fourth-order valence-electron chi connectivity index (χ4n) is 2.98. The molecule has 0 bridgehead atoms. The minimum Gasteiger partial charge on any atom is -0.270 e. The van der Waals surface area contributed by atoms with E-state index in [-0.39, 0.29) is 5.56 Å². The van der Waals surface area contributed by atoms with Crippen molar-refractivity contribution in [3.05, 3.63) is 70.6 Å². The summed E-state index contributed by atoms with van der Waals surface area (Å²) in [5.41, 5.74) is 3.03. The maximum absolute atomic E-state index is 13.2. The second-order valence-corrected chi connectivity index (χ2v) is 6.69. The molecular formula is C20H15N3OS. The van der Waals surface area contributed by atoms with Crippen LogP contribution in [0.15, 0.2) is 59.4 Å². The highest BCUT2D eigenvalue weighted by Crippen LogP contribution is 2.30. The Balaban J connectivity index is 2.01. The van der Waals surface area contributed by atoms with Gasteiger partial charge < -0.3 is 0 Å². The van der Waals surface area contributed by atoms with Crippen molar-refractivity contribution < 1.29 is 0 Å². The zero-order valence-corrected chi connectivity index (χ0v) is 14.5. The molecule has 0 N–H and O–H groups in total. The average molecular weight is 345 g/mol. The number of para-hydroxylation sites is 2. The lowest BCUT2D eigenvalue weighted by molar-refractivity contribution is 0.596. The first-order valence-corrected chi connectivity index (χ1v) is 8.69. The largest absolute Gasteiger partial charge is 0.282 e. The van der Waals surface area contributed by atoms with Gasteiger partial charge >= 0.3 is 0 Å². The second-order valence-electron chi connectivity index (χ2n) is 5.66. The lowest BCUT2D eigenvalue weighted by Crippen LogP contribution is -2.21. The Bertz CT molecular complexity index is 1130. The smallest absolute Gasteiger partial charge is 0.270 e. The summed E-state index contributed by atoms with van der Waals surface area (Å²) in [5.74, 6) is 2.64. The van der Waals surface area contributed by atoms with Crippen molar-refractivity contribution in [1.82, 2.24) is 14.3 Å². The molecule has 0 aliphatic heterocycles. The molecule has 2 aromatic heterocycles. The zero-order valence-electron chi connectivity index (χ0n) is 13.6. The molecule has 5 heteroatoms. The first-order chi connectivity index (χ1) is 12.2. The third-order valence-corrected chi connectivity index (χ3v) is 5.20. The number of hydrogen-bond donors (Lipinski definition) is 0. The highest BCUT2D eigenvalue weighted by molar-refractivity contribution is 7.21. The van der Waals surface area contributed by atoms with Crippen LogP contribution in [0, 0.1) is 19.3 Å². The lowest BCUT2D eigenvalue weighted by Gasteiger charge is -2.10. The summed E-state index contributed by atoms with van der Waals surface area (Å²) in [6.45, 7) is 2.24. The van der Waals surface area contributed by atoms with E-state index in [1.165, 1.54) is 11.3 Å². The van der Waals surface area contributed by atoms with Crippen LogP contribution in [0.1, 0.15) is 5.69 Å². The van der Waals surface area contributed by atoms with Gasteiger partial charge in [-0.2, -0.15) is 0 Å². The van der Waals surface area contributed by atoms with E-state index in [4.69, 9.17) is 6.42 Å². The first kappa shape index (κ1) is 15.4. The van der Waals surface area contributed by atoms with Crippen LogP contribution >= 0.6 is 11.3 Å². The van der Waals surface area contributed by atoms with Crippen molar-refractivity contribution in [1.29, 1.82) is 0 Å².